The molecular formula is C8H9F7O2. The fraction of sp³-hybridized carbons (Fsp3) is 0.875. The van der Waals surface area contributed by atoms with Crippen molar-refractivity contribution < 1.29 is 40.3 Å². The molecule has 0 spiro atoms. The standard InChI is InChI=1S/C8H9F7O2/c1-4(2)5(16)17-3-6(9,10)7(11,12)8(13,14)15/h4H,3H2,1-2H3. The van der Waals surface area contributed by atoms with Crippen LogP contribution in [0.3, 0.4) is 0 Å². The van der Waals surface area contributed by atoms with Crippen LogP contribution in [-0.2, 0) is 9.53 Å². The van der Waals surface area contributed by atoms with Crippen LogP contribution in [0.4, 0.5) is 30.7 Å². The molecule has 0 aliphatic rings. The Morgan fingerprint density at radius 3 is 1.76 bits per heavy atom. The quantitative estimate of drug-likeness (QED) is 0.579. The van der Waals surface area contributed by atoms with Gasteiger partial charge < -0.3 is 4.74 Å². The molecule has 0 aromatic carbocycles. The van der Waals surface area contributed by atoms with Crippen molar-refractivity contribution in [2.24, 2.45) is 5.92 Å². The molecule has 0 amide bonds. The number of carbonyl (C=O) groups is 1. The summed E-state index contributed by atoms with van der Waals surface area (Å²) in [5.74, 6) is -14.0. The van der Waals surface area contributed by atoms with Crippen LogP contribution >= 0.6 is 0 Å². The first-order chi connectivity index (χ1) is 7.33. The topological polar surface area (TPSA) is 26.3 Å². The van der Waals surface area contributed by atoms with E-state index in [2.05, 4.69) is 4.74 Å². The van der Waals surface area contributed by atoms with Crippen molar-refractivity contribution in [3.63, 3.8) is 0 Å². The van der Waals surface area contributed by atoms with Gasteiger partial charge in [0.1, 0.15) is 0 Å². The first-order valence-corrected chi connectivity index (χ1v) is 4.32. The van der Waals surface area contributed by atoms with E-state index in [1.165, 1.54) is 13.8 Å². The second-order valence-electron chi connectivity index (χ2n) is 3.54. The van der Waals surface area contributed by atoms with Crippen LogP contribution in [0.1, 0.15) is 13.8 Å². The molecule has 2 nitrogen and oxygen atoms in total. The molecule has 0 radical (unpaired) electrons. The Kier molecular flexibility index (Phi) is 4.41. The maximum atomic E-state index is 12.6. The molecule has 0 aromatic rings. The number of alkyl halides is 7. The summed E-state index contributed by atoms with van der Waals surface area (Å²) in [7, 11) is 0. The molecule has 102 valence electrons. The molecule has 9 heteroatoms. The highest BCUT2D eigenvalue weighted by molar-refractivity contribution is 5.71. The summed E-state index contributed by atoms with van der Waals surface area (Å²) in [5, 5.41) is 0. The van der Waals surface area contributed by atoms with Gasteiger partial charge >= 0.3 is 24.0 Å². The number of rotatable bonds is 4. The van der Waals surface area contributed by atoms with Crippen LogP contribution in [0.25, 0.3) is 0 Å². The monoisotopic (exact) mass is 270 g/mol. The van der Waals surface area contributed by atoms with Crippen LogP contribution in [0, 0.1) is 5.92 Å². The molecule has 0 aliphatic carbocycles. The Bertz CT molecular complexity index is 282. The minimum absolute atomic E-state index is 0.912. The van der Waals surface area contributed by atoms with Gasteiger partial charge in [-0.25, -0.2) is 0 Å². The zero-order valence-corrected chi connectivity index (χ0v) is 8.75. The van der Waals surface area contributed by atoms with E-state index in [9.17, 15) is 35.5 Å². The Morgan fingerprint density at radius 1 is 1.06 bits per heavy atom. The lowest BCUT2D eigenvalue weighted by atomic mass is 10.1. The van der Waals surface area contributed by atoms with E-state index < -0.39 is 36.5 Å². The summed E-state index contributed by atoms with van der Waals surface area (Å²) in [5.41, 5.74) is 0. The van der Waals surface area contributed by atoms with Gasteiger partial charge in [-0.15, -0.1) is 0 Å². The molecule has 0 heterocycles. The fourth-order valence-electron chi connectivity index (χ4n) is 0.626. The van der Waals surface area contributed by atoms with Gasteiger partial charge in [0.15, 0.2) is 6.61 Å². The van der Waals surface area contributed by atoms with E-state index in [1.807, 2.05) is 0 Å². The third kappa shape index (κ3) is 3.47. The van der Waals surface area contributed by atoms with Gasteiger partial charge in [0, 0.05) is 0 Å². The van der Waals surface area contributed by atoms with E-state index in [1.54, 1.807) is 0 Å². The highest BCUT2D eigenvalue weighted by Gasteiger charge is 2.73. The third-order valence-corrected chi connectivity index (χ3v) is 1.68. The van der Waals surface area contributed by atoms with Crippen molar-refractivity contribution in [2.45, 2.75) is 31.9 Å². The molecule has 0 aliphatic heterocycles. The Balaban J connectivity index is 4.75. The first kappa shape index (κ1) is 16.0. The third-order valence-electron chi connectivity index (χ3n) is 1.68. The summed E-state index contributed by atoms with van der Waals surface area (Å²) >= 11 is 0. The summed E-state index contributed by atoms with van der Waals surface area (Å²) in [6.45, 7) is 0.0985. The van der Waals surface area contributed by atoms with Gasteiger partial charge in [0.25, 0.3) is 0 Å². The zero-order valence-electron chi connectivity index (χ0n) is 8.75. The Labute approximate surface area is 91.7 Å². The summed E-state index contributed by atoms with van der Waals surface area (Å²) in [6, 6.07) is 0. The molecule has 0 bridgehead atoms. The molecule has 0 atom stereocenters. The van der Waals surface area contributed by atoms with Crippen molar-refractivity contribution in [3.05, 3.63) is 0 Å². The highest BCUT2D eigenvalue weighted by atomic mass is 19.4. The van der Waals surface area contributed by atoms with E-state index in [0.29, 0.717) is 0 Å². The molecule has 0 rings (SSSR count). The summed E-state index contributed by atoms with van der Waals surface area (Å²) in [6.07, 6.45) is -6.42. The Hall–Kier alpha value is -1.02. The number of halogens is 7. The minimum atomic E-state index is -6.42. The van der Waals surface area contributed by atoms with Crippen LogP contribution < -0.4 is 0 Å². The average Bonchev–Trinajstić information content (AvgIpc) is 2.11. The summed E-state index contributed by atoms with van der Waals surface area (Å²) < 4.78 is 88.3. The lowest BCUT2D eigenvalue weighted by molar-refractivity contribution is -0.359. The smallest absolute Gasteiger partial charge is 0.459 e. The van der Waals surface area contributed by atoms with Crippen molar-refractivity contribution in [1.82, 2.24) is 0 Å². The highest BCUT2D eigenvalue weighted by Crippen LogP contribution is 2.46. The predicted octanol–water partition coefficient (Wildman–Crippen LogP) is 3.02. The number of hydrogen-bond donors (Lipinski definition) is 0. The van der Waals surface area contributed by atoms with Crippen LogP contribution in [0.2, 0.25) is 0 Å². The second kappa shape index (κ2) is 4.69. The van der Waals surface area contributed by atoms with Crippen molar-refractivity contribution >= 4 is 5.97 Å². The zero-order chi connectivity index (χ0) is 14.1. The lowest BCUT2D eigenvalue weighted by Gasteiger charge is -2.27. The minimum Gasteiger partial charge on any atom is -0.459 e. The van der Waals surface area contributed by atoms with E-state index in [-0.39, 0.29) is 0 Å². The van der Waals surface area contributed by atoms with Gasteiger partial charge in [-0.05, 0) is 0 Å². The summed E-state index contributed by atoms with van der Waals surface area (Å²) in [4.78, 5) is 10.7. The Morgan fingerprint density at radius 2 is 1.47 bits per heavy atom. The van der Waals surface area contributed by atoms with Gasteiger partial charge in [-0.3, -0.25) is 4.79 Å². The molecule has 0 saturated carbocycles. The van der Waals surface area contributed by atoms with Crippen molar-refractivity contribution in [1.29, 1.82) is 0 Å². The largest absolute Gasteiger partial charge is 0.460 e. The first-order valence-electron chi connectivity index (χ1n) is 4.32. The maximum Gasteiger partial charge on any atom is 0.460 e. The fourth-order valence-corrected chi connectivity index (χ4v) is 0.626. The number of esters is 1. The van der Waals surface area contributed by atoms with Gasteiger partial charge in [-0.1, -0.05) is 13.8 Å². The molecule has 17 heavy (non-hydrogen) atoms. The SMILES string of the molecule is CC(C)C(=O)OCC(F)(F)C(F)(F)C(F)(F)F. The number of hydrogen-bond acceptors (Lipinski definition) is 2. The van der Waals surface area contributed by atoms with E-state index in [4.69, 9.17) is 0 Å². The van der Waals surface area contributed by atoms with E-state index in [0.717, 1.165) is 0 Å². The molecular weight excluding hydrogens is 261 g/mol. The maximum absolute atomic E-state index is 12.6. The number of carbonyl (C=O) groups excluding carboxylic acids is 1. The van der Waals surface area contributed by atoms with Gasteiger partial charge in [0.05, 0.1) is 5.92 Å². The second-order valence-corrected chi connectivity index (χ2v) is 3.54. The van der Waals surface area contributed by atoms with Crippen molar-refractivity contribution in [2.75, 3.05) is 6.61 Å². The van der Waals surface area contributed by atoms with Crippen LogP contribution in [0.5, 0.6) is 0 Å². The molecule has 0 unspecified atom stereocenters. The average molecular weight is 270 g/mol. The van der Waals surface area contributed by atoms with Gasteiger partial charge in [0.2, 0.25) is 0 Å². The van der Waals surface area contributed by atoms with Crippen molar-refractivity contribution in [3.8, 4) is 0 Å². The normalized spacial score (nSPS) is 14.0. The molecule has 0 N–H and O–H groups in total. The van der Waals surface area contributed by atoms with Gasteiger partial charge in [-0.2, -0.15) is 30.7 Å². The molecule has 0 aromatic heterocycles. The molecule has 0 fully saturated rings. The van der Waals surface area contributed by atoms with Crippen LogP contribution in [0.15, 0.2) is 0 Å². The lowest BCUT2D eigenvalue weighted by Crippen LogP contribution is -2.54. The number of ether oxygens (including phenoxy) is 1. The van der Waals surface area contributed by atoms with Crippen LogP contribution in [-0.4, -0.2) is 30.6 Å². The van der Waals surface area contributed by atoms with E-state index >= 15 is 0 Å². The molecule has 0 saturated heterocycles. The predicted molar refractivity (Wildman–Crippen MR) is 41.7 cm³/mol.